The van der Waals surface area contributed by atoms with E-state index in [-0.39, 0.29) is 5.56 Å². The van der Waals surface area contributed by atoms with Crippen molar-refractivity contribution in [1.29, 1.82) is 0 Å². The van der Waals surface area contributed by atoms with Gasteiger partial charge in [0.15, 0.2) is 0 Å². The van der Waals surface area contributed by atoms with Crippen LogP contribution in [0.15, 0.2) is 72.8 Å². The Bertz CT molecular complexity index is 1220. The van der Waals surface area contributed by atoms with Gasteiger partial charge in [-0.2, -0.15) is 0 Å². The molecule has 33 heavy (non-hydrogen) atoms. The number of halogens is 1. The van der Waals surface area contributed by atoms with Crippen molar-refractivity contribution in [3.63, 3.8) is 0 Å². The van der Waals surface area contributed by atoms with Gasteiger partial charge in [-0.1, -0.05) is 42.0 Å². The van der Waals surface area contributed by atoms with Gasteiger partial charge in [-0.25, -0.2) is 9.37 Å². The van der Waals surface area contributed by atoms with Gasteiger partial charge in [0.25, 0.3) is 5.91 Å². The zero-order chi connectivity index (χ0) is 23.0. The van der Waals surface area contributed by atoms with Crippen LogP contribution in [0.1, 0.15) is 34.6 Å². The molecule has 5 nitrogen and oxygen atoms in total. The van der Waals surface area contributed by atoms with E-state index in [1.54, 1.807) is 12.1 Å². The van der Waals surface area contributed by atoms with E-state index in [9.17, 15) is 9.18 Å². The highest BCUT2D eigenvalue weighted by Gasteiger charge is 2.12. The molecular weight excluding hydrogens is 417 g/mol. The number of para-hydroxylation sites is 2. The molecule has 1 aromatic heterocycles. The van der Waals surface area contributed by atoms with Crippen molar-refractivity contribution in [3.05, 3.63) is 95.6 Å². The molecule has 1 N–H and O–H groups in total. The number of amides is 1. The molecular formula is C27H28FN3O2. The topological polar surface area (TPSA) is 56.1 Å². The highest BCUT2D eigenvalue weighted by Crippen LogP contribution is 2.18. The van der Waals surface area contributed by atoms with Crippen LogP contribution in [0.5, 0.6) is 5.75 Å². The third-order valence-corrected chi connectivity index (χ3v) is 5.53. The van der Waals surface area contributed by atoms with Gasteiger partial charge in [0, 0.05) is 19.5 Å². The highest BCUT2D eigenvalue weighted by atomic mass is 19.1. The summed E-state index contributed by atoms with van der Waals surface area (Å²) < 4.78 is 21.9. The Morgan fingerprint density at radius 2 is 1.76 bits per heavy atom. The number of carbonyl (C=O) groups is 1. The Hall–Kier alpha value is -3.67. The number of imidazole rings is 1. The molecule has 1 amide bonds. The average molecular weight is 446 g/mol. The van der Waals surface area contributed by atoms with Crippen LogP contribution >= 0.6 is 0 Å². The van der Waals surface area contributed by atoms with Crippen LogP contribution in [0.4, 0.5) is 4.39 Å². The molecule has 0 aliphatic heterocycles. The van der Waals surface area contributed by atoms with Crippen LogP contribution in [0, 0.1) is 12.7 Å². The lowest BCUT2D eigenvalue weighted by molar-refractivity contribution is 0.0949. The number of nitrogens with zero attached hydrogens (tertiary/aromatic N) is 2. The summed E-state index contributed by atoms with van der Waals surface area (Å²) in [7, 11) is 0. The van der Waals surface area contributed by atoms with Gasteiger partial charge in [-0.3, -0.25) is 4.79 Å². The van der Waals surface area contributed by atoms with E-state index >= 15 is 0 Å². The van der Waals surface area contributed by atoms with E-state index in [1.807, 2.05) is 42.5 Å². The summed E-state index contributed by atoms with van der Waals surface area (Å²) in [6.45, 7) is 3.92. The quantitative estimate of drug-likeness (QED) is 0.336. The zero-order valence-corrected chi connectivity index (χ0v) is 18.8. The summed E-state index contributed by atoms with van der Waals surface area (Å²) in [5.41, 5.74) is 3.33. The summed E-state index contributed by atoms with van der Waals surface area (Å²) in [4.78, 5) is 17.0. The molecule has 0 atom stereocenters. The second-order valence-corrected chi connectivity index (χ2v) is 8.02. The molecule has 170 valence electrons. The molecule has 0 fully saturated rings. The van der Waals surface area contributed by atoms with Crippen LogP contribution in [0.3, 0.4) is 0 Å². The number of aryl methyl sites for hydroxylation is 3. The molecule has 0 bridgehead atoms. The average Bonchev–Trinajstić information content (AvgIpc) is 3.18. The lowest BCUT2D eigenvalue weighted by atomic mass is 10.2. The standard InChI is InChI=1S/C27H28FN3O2/c1-20-13-15-21(16-14-20)33-19-7-18-31-25-11-5-4-10-24(25)30-26(31)12-6-17-29-27(32)22-8-2-3-9-23(22)28/h2-5,8-11,13-16H,6-7,12,17-19H2,1H3,(H,29,32). The first kappa shape index (κ1) is 22.5. The monoisotopic (exact) mass is 445 g/mol. The fraction of sp³-hybridized carbons (Fsp3) is 0.259. The normalized spacial score (nSPS) is 11.0. The van der Waals surface area contributed by atoms with Crippen molar-refractivity contribution in [2.45, 2.75) is 32.7 Å². The molecule has 4 rings (SSSR count). The Labute approximate surface area is 193 Å². The number of hydrogen-bond acceptors (Lipinski definition) is 3. The van der Waals surface area contributed by atoms with Gasteiger partial charge in [0.05, 0.1) is 23.2 Å². The Morgan fingerprint density at radius 3 is 2.58 bits per heavy atom. The maximum Gasteiger partial charge on any atom is 0.254 e. The number of ether oxygens (including phenoxy) is 1. The predicted octanol–water partition coefficient (Wildman–Crippen LogP) is 5.32. The van der Waals surface area contributed by atoms with E-state index in [4.69, 9.17) is 9.72 Å². The second-order valence-electron chi connectivity index (χ2n) is 8.02. The molecule has 3 aromatic carbocycles. The van der Waals surface area contributed by atoms with Crippen LogP contribution in [0.2, 0.25) is 0 Å². The van der Waals surface area contributed by atoms with E-state index < -0.39 is 11.7 Å². The number of carbonyl (C=O) groups excluding carboxylic acids is 1. The van der Waals surface area contributed by atoms with Crippen molar-refractivity contribution in [2.24, 2.45) is 0 Å². The number of aromatic nitrogens is 2. The van der Waals surface area contributed by atoms with Crippen molar-refractivity contribution in [1.82, 2.24) is 14.9 Å². The molecule has 0 unspecified atom stereocenters. The third kappa shape index (κ3) is 5.77. The predicted molar refractivity (Wildman–Crippen MR) is 128 cm³/mol. The minimum absolute atomic E-state index is 0.0679. The Kier molecular flexibility index (Phi) is 7.35. The minimum Gasteiger partial charge on any atom is -0.494 e. The van der Waals surface area contributed by atoms with Crippen molar-refractivity contribution < 1.29 is 13.9 Å². The lowest BCUT2D eigenvalue weighted by Crippen LogP contribution is -2.25. The number of rotatable bonds is 10. The first-order chi connectivity index (χ1) is 16.1. The highest BCUT2D eigenvalue weighted by molar-refractivity contribution is 5.94. The summed E-state index contributed by atoms with van der Waals surface area (Å²) in [6.07, 6.45) is 2.28. The molecule has 0 aliphatic rings. The lowest BCUT2D eigenvalue weighted by Gasteiger charge is -2.11. The van der Waals surface area contributed by atoms with Crippen molar-refractivity contribution in [2.75, 3.05) is 13.2 Å². The molecule has 0 spiro atoms. The molecule has 1 heterocycles. The maximum atomic E-state index is 13.8. The maximum absolute atomic E-state index is 13.8. The molecule has 0 saturated carbocycles. The SMILES string of the molecule is Cc1ccc(OCCCn2c(CCCNC(=O)c3ccccc3F)nc3ccccc32)cc1. The van der Waals surface area contributed by atoms with Crippen LogP contribution in [-0.4, -0.2) is 28.6 Å². The number of benzene rings is 3. The first-order valence-electron chi connectivity index (χ1n) is 11.3. The van der Waals surface area contributed by atoms with E-state index in [0.29, 0.717) is 26.0 Å². The third-order valence-electron chi connectivity index (χ3n) is 5.53. The minimum atomic E-state index is -0.510. The van der Waals surface area contributed by atoms with Gasteiger partial charge in [0.2, 0.25) is 0 Å². The molecule has 4 aromatic rings. The van der Waals surface area contributed by atoms with Crippen LogP contribution in [-0.2, 0) is 13.0 Å². The van der Waals surface area contributed by atoms with E-state index in [1.165, 1.54) is 17.7 Å². The molecule has 6 heteroatoms. The first-order valence-corrected chi connectivity index (χ1v) is 11.3. The van der Waals surface area contributed by atoms with Crippen LogP contribution in [0.25, 0.3) is 11.0 Å². The summed E-state index contributed by atoms with van der Waals surface area (Å²) >= 11 is 0. The fourth-order valence-corrected chi connectivity index (χ4v) is 3.80. The second kappa shape index (κ2) is 10.8. The fourth-order valence-electron chi connectivity index (χ4n) is 3.80. The molecule has 0 aliphatic carbocycles. The summed E-state index contributed by atoms with van der Waals surface area (Å²) in [6, 6.07) is 22.2. The van der Waals surface area contributed by atoms with Crippen LogP contribution < -0.4 is 10.1 Å². The van der Waals surface area contributed by atoms with Crippen molar-refractivity contribution >= 4 is 16.9 Å². The zero-order valence-electron chi connectivity index (χ0n) is 18.8. The van der Waals surface area contributed by atoms with E-state index in [0.717, 1.165) is 35.6 Å². The van der Waals surface area contributed by atoms with Gasteiger partial charge in [-0.05, 0) is 56.2 Å². The molecule has 0 saturated heterocycles. The van der Waals surface area contributed by atoms with Gasteiger partial charge >= 0.3 is 0 Å². The van der Waals surface area contributed by atoms with Gasteiger partial charge < -0.3 is 14.6 Å². The smallest absolute Gasteiger partial charge is 0.254 e. The van der Waals surface area contributed by atoms with E-state index in [2.05, 4.69) is 22.9 Å². The summed E-state index contributed by atoms with van der Waals surface area (Å²) in [5, 5.41) is 2.80. The summed E-state index contributed by atoms with van der Waals surface area (Å²) in [5.74, 6) is 0.952. The number of fused-ring (bicyclic) bond motifs is 1. The molecule has 0 radical (unpaired) electrons. The number of nitrogens with one attached hydrogen (secondary N) is 1. The Morgan fingerprint density at radius 1 is 1.00 bits per heavy atom. The Balaban J connectivity index is 1.33. The number of hydrogen-bond donors (Lipinski definition) is 1. The largest absolute Gasteiger partial charge is 0.494 e. The van der Waals surface area contributed by atoms with Crippen molar-refractivity contribution in [3.8, 4) is 5.75 Å². The van der Waals surface area contributed by atoms with Gasteiger partial charge in [-0.15, -0.1) is 0 Å². The van der Waals surface area contributed by atoms with Gasteiger partial charge in [0.1, 0.15) is 17.4 Å².